The lowest BCUT2D eigenvalue weighted by atomic mass is 9.92. The van der Waals surface area contributed by atoms with Crippen LogP contribution in [-0.4, -0.2) is 62.8 Å². The molecule has 194 valence electrons. The minimum absolute atomic E-state index is 0.0635. The molecule has 3 heterocycles. The highest BCUT2D eigenvalue weighted by Crippen LogP contribution is 2.40. The van der Waals surface area contributed by atoms with Crippen molar-refractivity contribution in [2.75, 3.05) is 26.2 Å². The second-order valence-corrected chi connectivity index (χ2v) is 9.99. The van der Waals surface area contributed by atoms with Crippen LogP contribution < -0.4 is 5.32 Å². The third-order valence-electron chi connectivity index (χ3n) is 6.56. The number of aromatic nitrogens is 4. The number of fused-ring (bicyclic) bond motifs is 1. The Hall–Kier alpha value is -3.37. The number of likely N-dealkylation sites (tertiary alicyclic amines) is 1. The van der Waals surface area contributed by atoms with Crippen LogP contribution in [0.2, 0.25) is 5.02 Å². The van der Waals surface area contributed by atoms with Gasteiger partial charge in [0, 0.05) is 40.7 Å². The Morgan fingerprint density at radius 2 is 2.11 bits per heavy atom. The van der Waals surface area contributed by atoms with Gasteiger partial charge < -0.3 is 9.84 Å². The molecule has 1 saturated heterocycles. The monoisotopic (exact) mass is 528 g/mol. The minimum atomic E-state index is -3.06. The summed E-state index contributed by atoms with van der Waals surface area (Å²) in [4.78, 5) is 18.2. The van der Waals surface area contributed by atoms with Crippen molar-refractivity contribution in [3.05, 3.63) is 65.1 Å². The summed E-state index contributed by atoms with van der Waals surface area (Å²) in [6.45, 7) is 4.58. The largest absolute Gasteiger partial charge is 0.351 e. The Labute approximate surface area is 217 Å². The Kier molecular flexibility index (Phi) is 6.96. The van der Waals surface area contributed by atoms with E-state index < -0.39 is 18.4 Å². The molecule has 0 aliphatic carbocycles. The summed E-state index contributed by atoms with van der Waals surface area (Å²) in [5.74, 6) is -4.31. The van der Waals surface area contributed by atoms with Crippen LogP contribution in [-0.2, 0) is 0 Å². The van der Waals surface area contributed by atoms with Gasteiger partial charge in [0.1, 0.15) is 5.92 Å². The van der Waals surface area contributed by atoms with E-state index in [4.69, 9.17) is 16.1 Å². The van der Waals surface area contributed by atoms with Crippen molar-refractivity contribution >= 4 is 28.4 Å². The number of rotatable bonds is 7. The van der Waals surface area contributed by atoms with Crippen molar-refractivity contribution in [3.8, 4) is 11.4 Å². The van der Waals surface area contributed by atoms with Gasteiger partial charge in [0.2, 0.25) is 11.7 Å². The SMILES string of the molecule is CC(C)n1ncc2ccc(-c3noc(C4CCN(CCNC(=O)c5cccc(Cl)c5)CC4(F)F)n3)cc21. The molecule has 0 bridgehead atoms. The second-order valence-electron chi connectivity index (χ2n) is 9.56. The maximum atomic E-state index is 15.1. The fourth-order valence-corrected chi connectivity index (χ4v) is 4.84. The molecular weight excluding hydrogens is 502 g/mol. The Balaban J connectivity index is 1.22. The number of carbonyl (C=O) groups is 1. The summed E-state index contributed by atoms with van der Waals surface area (Å²) >= 11 is 5.92. The van der Waals surface area contributed by atoms with Gasteiger partial charge in [0.25, 0.3) is 11.8 Å². The third-order valence-corrected chi connectivity index (χ3v) is 6.80. The van der Waals surface area contributed by atoms with E-state index in [1.807, 2.05) is 36.7 Å². The van der Waals surface area contributed by atoms with E-state index in [0.29, 0.717) is 29.2 Å². The normalized spacial score (nSPS) is 17.9. The first-order valence-electron chi connectivity index (χ1n) is 12.2. The number of nitrogens with one attached hydrogen (secondary N) is 1. The zero-order valence-electron chi connectivity index (χ0n) is 20.5. The molecule has 1 unspecified atom stereocenters. The highest BCUT2D eigenvalue weighted by molar-refractivity contribution is 6.30. The molecule has 4 aromatic rings. The van der Waals surface area contributed by atoms with Crippen LogP contribution in [0.3, 0.4) is 0 Å². The number of halogens is 3. The lowest BCUT2D eigenvalue weighted by Gasteiger charge is -2.36. The van der Waals surface area contributed by atoms with Crippen LogP contribution in [0.15, 0.2) is 53.2 Å². The molecule has 2 aromatic carbocycles. The van der Waals surface area contributed by atoms with E-state index in [1.165, 1.54) is 0 Å². The standard InChI is InChI=1S/C26H27ClF2N6O2/c1-16(2)35-22-13-17(6-7-19(22)14-31-35)23-32-25(37-33-23)21-8-10-34(15-26(21,28)29)11-9-30-24(36)18-4-3-5-20(27)12-18/h3-7,12-14,16,21H,8-11,15H2,1-2H3,(H,30,36). The summed E-state index contributed by atoms with van der Waals surface area (Å²) < 4.78 is 37.5. The van der Waals surface area contributed by atoms with Crippen LogP contribution in [0, 0.1) is 0 Å². The Bertz CT molecular complexity index is 1420. The van der Waals surface area contributed by atoms with Crippen molar-refractivity contribution in [1.82, 2.24) is 30.1 Å². The molecule has 2 aromatic heterocycles. The van der Waals surface area contributed by atoms with Gasteiger partial charge in [-0.05, 0) is 51.1 Å². The number of nitrogens with zero attached hydrogens (tertiary/aromatic N) is 5. The molecule has 1 N–H and O–H groups in total. The lowest BCUT2D eigenvalue weighted by molar-refractivity contribution is -0.0892. The average molecular weight is 529 g/mol. The molecule has 5 rings (SSSR count). The highest BCUT2D eigenvalue weighted by atomic mass is 35.5. The van der Waals surface area contributed by atoms with Crippen molar-refractivity contribution in [1.29, 1.82) is 0 Å². The molecular formula is C26H27ClF2N6O2. The van der Waals surface area contributed by atoms with Crippen LogP contribution in [0.1, 0.15) is 48.5 Å². The molecule has 11 heteroatoms. The number of hydrogen-bond acceptors (Lipinski definition) is 6. The maximum absolute atomic E-state index is 15.1. The molecule has 0 saturated carbocycles. The number of benzene rings is 2. The van der Waals surface area contributed by atoms with Crippen molar-refractivity contribution in [2.45, 2.75) is 38.2 Å². The van der Waals surface area contributed by atoms with Gasteiger partial charge in [-0.3, -0.25) is 14.4 Å². The molecule has 1 atom stereocenters. The van der Waals surface area contributed by atoms with E-state index in [9.17, 15) is 4.79 Å². The molecule has 8 nitrogen and oxygen atoms in total. The van der Waals surface area contributed by atoms with Gasteiger partial charge in [0.15, 0.2) is 0 Å². The van der Waals surface area contributed by atoms with Crippen molar-refractivity contribution < 1.29 is 18.1 Å². The highest BCUT2D eigenvalue weighted by Gasteiger charge is 2.48. The summed E-state index contributed by atoms with van der Waals surface area (Å²) in [6.07, 6.45) is 1.95. The van der Waals surface area contributed by atoms with E-state index in [2.05, 4.69) is 20.6 Å². The summed E-state index contributed by atoms with van der Waals surface area (Å²) in [7, 11) is 0. The fraction of sp³-hybridized carbons (Fsp3) is 0.385. The van der Waals surface area contributed by atoms with Crippen molar-refractivity contribution in [3.63, 3.8) is 0 Å². The van der Waals surface area contributed by atoms with Crippen LogP contribution >= 0.6 is 11.6 Å². The lowest BCUT2D eigenvalue weighted by Crippen LogP contribution is -2.49. The number of piperidine rings is 1. The van der Waals surface area contributed by atoms with Gasteiger partial charge >= 0.3 is 0 Å². The van der Waals surface area contributed by atoms with Gasteiger partial charge in [-0.2, -0.15) is 10.1 Å². The van der Waals surface area contributed by atoms with Crippen LogP contribution in [0.4, 0.5) is 8.78 Å². The summed E-state index contributed by atoms with van der Waals surface area (Å²) in [6, 6.07) is 12.4. The molecule has 0 radical (unpaired) electrons. The maximum Gasteiger partial charge on any atom is 0.272 e. The smallest absolute Gasteiger partial charge is 0.272 e. The van der Waals surface area contributed by atoms with E-state index >= 15 is 8.78 Å². The predicted molar refractivity (Wildman–Crippen MR) is 136 cm³/mol. The third kappa shape index (κ3) is 5.35. The molecule has 37 heavy (non-hydrogen) atoms. The van der Waals surface area contributed by atoms with Crippen molar-refractivity contribution in [2.24, 2.45) is 0 Å². The van der Waals surface area contributed by atoms with E-state index in [0.717, 1.165) is 10.9 Å². The molecule has 1 aliphatic rings. The van der Waals surface area contributed by atoms with Gasteiger partial charge in [-0.25, -0.2) is 8.78 Å². The average Bonchev–Trinajstić information content (AvgIpc) is 3.50. The predicted octanol–water partition coefficient (Wildman–Crippen LogP) is 5.18. The van der Waals surface area contributed by atoms with E-state index in [-0.39, 0.29) is 36.6 Å². The second kappa shape index (κ2) is 10.2. The summed E-state index contributed by atoms with van der Waals surface area (Å²) in [5.41, 5.74) is 2.03. The Morgan fingerprint density at radius 1 is 1.27 bits per heavy atom. The molecule has 0 spiro atoms. The number of carbonyl (C=O) groups excluding carboxylic acids is 1. The van der Waals surface area contributed by atoms with Gasteiger partial charge in [-0.1, -0.05) is 35.0 Å². The van der Waals surface area contributed by atoms with Gasteiger partial charge in [-0.15, -0.1) is 0 Å². The minimum Gasteiger partial charge on any atom is -0.351 e. The number of amides is 1. The first-order valence-corrected chi connectivity index (χ1v) is 12.5. The zero-order chi connectivity index (χ0) is 26.2. The Morgan fingerprint density at radius 3 is 2.86 bits per heavy atom. The topological polar surface area (TPSA) is 89.1 Å². The first kappa shape index (κ1) is 25.3. The number of alkyl halides is 2. The van der Waals surface area contributed by atoms with Crippen LogP contribution in [0.25, 0.3) is 22.3 Å². The molecule has 1 fully saturated rings. The van der Waals surface area contributed by atoms with Crippen LogP contribution in [0.5, 0.6) is 0 Å². The quantitative estimate of drug-likeness (QED) is 0.356. The zero-order valence-corrected chi connectivity index (χ0v) is 21.3. The summed E-state index contributed by atoms with van der Waals surface area (Å²) in [5, 5.41) is 12.6. The fourth-order valence-electron chi connectivity index (χ4n) is 4.65. The molecule has 1 aliphatic heterocycles. The van der Waals surface area contributed by atoms with E-state index in [1.54, 1.807) is 35.4 Å². The molecule has 1 amide bonds. The van der Waals surface area contributed by atoms with Gasteiger partial charge in [0.05, 0.1) is 18.3 Å². The number of hydrogen-bond donors (Lipinski definition) is 1. The first-order chi connectivity index (χ1) is 17.7.